The van der Waals surface area contributed by atoms with Crippen molar-refractivity contribution in [3.8, 4) is 22.8 Å². The summed E-state index contributed by atoms with van der Waals surface area (Å²) in [7, 11) is -1.98. The molecule has 1 atom stereocenters. The molecule has 4 heteroatoms. The van der Waals surface area contributed by atoms with Crippen molar-refractivity contribution in [2.45, 2.75) is 45.0 Å². The molecular weight excluding hydrogens is 348 g/mol. The minimum absolute atomic E-state index is 0.0946. The normalized spacial score (nSPS) is 12.9. The van der Waals surface area contributed by atoms with Crippen molar-refractivity contribution in [3.63, 3.8) is 0 Å². The average molecular weight is 373 g/mol. The molecule has 132 valence electrons. The molecular formula is C21H25ClO2Si. The van der Waals surface area contributed by atoms with Gasteiger partial charge in [-0.2, -0.15) is 0 Å². The average Bonchev–Trinajstić information content (AvgIpc) is 2.54. The molecule has 2 aromatic rings. The van der Waals surface area contributed by atoms with Gasteiger partial charge in [-0.15, -0.1) is 0 Å². The van der Waals surface area contributed by atoms with Crippen molar-refractivity contribution in [2.75, 3.05) is 0 Å². The maximum absolute atomic E-state index is 6.46. The van der Waals surface area contributed by atoms with E-state index in [9.17, 15) is 0 Å². The Morgan fingerprint density at radius 2 is 1.60 bits per heavy atom. The molecule has 0 radical (unpaired) electrons. The summed E-state index contributed by atoms with van der Waals surface area (Å²) in [5.74, 6) is 4.54. The van der Waals surface area contributed by atoms with Crippen LogP contribution in [0.1, 0.15) is 32.4 Å². The van der Waals surface area contributed by atoms with Gasteiger partial charge in [0, 0.05) is 5.38 Å². The Labute approximate surface area is 157 Å². The highest BCUT2D eigenvalue weighted by atomic mass is 35.5. The van der Waals surface area contributed by atoms with Gasteiger partial charge >= 0.3 is 0 Å². The fourth-order valence-electron chi connectivity index (χ4n) is 2.07. The van der Waals surface area contributed by atoms with Crippen LogP contribution in [-0.2, 0) is 4.43 Å². The molecule has 0 aromatic heterocycles. The lowest BCUT2D eigenvalue weighted by Crippen LogP contribution is -2.41. The lowest BCUT2D eigenvalue weighted by atomic mass is 10.1. The second kappa shape index (κ2) is 8.10. The molecule has 0 saturated heterocycles. The summed E-state index contributed by atoms with van der Waals surface area (Å²) in [6, 6.07) is 17.5. The fourth-order valence-corrected chi connectivity index (χ4v) is 3.30. The van der Waals surface area contributed by atoms with Crippen LogP contribution >= 0.6 is 11.6 Å². The largest absolute Gasteiger partial charge is 0.457 e. The van der Waals surface area contributed by atoms with Crippen LogP contribution in [0.4, 0.5) is 0 Å². The molecule has 0 aliphatic heterocycles. The van der Waals surface area contributed by atoms with Crippen LogP contribution in [0, 0.1) is 11.3 Å². The lowest BCUT2D eigenvalue weighted by molar-refractivity contribution is 0.238. The number of benzene rings is 2. The van der Waals surface area contributed by atoms with Crippen LogP contribution < -0.4 is 4.74 Å². The van der Waals surface area contributed by atoms with Gasteiger partial charge in [-0.3, -0.25) is 0 Å². The summed E-state index contributed by atoms with van der Waals surface area (Å²) in [6.45, 7) is 11.0. The first-order valence-corrected chi connectivity index (χ1v) is 11.6. The van der Waals surface area contributed by atoms with Gasteiger partial charge in [-0.25, -0.2) is 0 Å². The molecule has 2 nitrogen and oxygen atoms in total. The SMILES string of the molecule is CC(C)(C)[Si](C)(C)O[C@H](C#CCl)c1cccc(Oc2ccccc2)c1. The van der Waals surface area contributed by atoms with Gasteiger partial charge in [0.05, 0.1) is 0 Å². The zero-order chi connectivity index (χ0) is 18.5. The molecule has 0 saturated carbocycles. The first-order chi connectivity index (χ1) is 11.7. The van der Waals surface area contributed by atoms with E-state index in [0.29, 0.717) is 0 Å². The zero-order valence-electron chi connectivity index (χ0n) is 15.5. The van der Waals surface area contributed by atoms with E-state index in [2.05, 4.69) is 45.2 Å². The van der Waals surface area contributed by atoms with E-state index in [1.165, 1.54) is 0 Å². The molecule has 0 heterocycles. The summed E-state index contributed by atoms with van der Waals surface area (Å²) in [5, 5.41) is 2.58. The molecule has 0 spiro atoms. The molecule has 0 aliphatic carbocycles. The molecule has 0 amide bonds. The van der Waals surface area contributed by atoms with E-state index in [-0.39, 0.29) is 11.1 Å². The van der Waals surface area contributed by atoms with E-state index < -0.39 is 8.32 Å². The highest BCUT2D eigenvalue weighted by Crippen LogP contribution is 2.40. The first kappa shape index (κ1) is 19.6. The molecule has 0 N–H and O–H groups in total. The summed E-state index contributed by atoms with van der Waals surface area (Å²) < 4.78 is 12.4. The Bertz CT molecular complexity index is 755. The van der Waals surface area contributed by atoms with Crippen molar-refractivity contribution >= 4 is 19.9 Å². The van der Waals surface area contributed by atoms with Gasteiger partial charge in [-0.1, -0.05) is 57.0 Å². The lowest BCUT2D eigenvalue weighted by Gasteiger charge is -2.38. The maximum Gasteiger partial charge on any atom is 0.194 e. The van der Waals surface area contributed by atoms with Crippen molar-refractivity contribution in [1.82, 2.24) is 0 Å². The standard InChI is InChI=1S/C21H25ClO2Si/c1-21(2,3)25(4,5)24-20(14-15-22)17-10-9-13-19(16-17)23-18-11-7-6-8-12-18/h6-13,16,20H,1-5H3/t20-/m1/s1. The monoisotopic (exact) mass is 372 g/mol. The first-order valence-electron chi connectivity index (χ1n) is 8.35. The van der Waals surface area contributed by atoms with Crippen LogP contribution in [-0.4, -0.2) is 8.32 Å². The molecule has 0 aliphatic rings. The number of hydrogen-bond donors (Lipinski definition) is 0. The number of rotatable bonds is 5. The van der Waals surface area contributed by atoms with Crippen molar-refractivity contribution < 1.29 is 9.16 Å². The van der Waals surface area contributed by atoms with E-state index in [4.69, 9.17) is 20.8 Å². The second-order valence-corrected chi connectivity index (χ2v) is 12.4. The van der Waals surface area contributed by atoms with Crippen LogP contribution in [0.5, 0.6) is 11.5 Å². The van der Waals surface area contributed by atoms with Gasteiger partial charge in [0.25, 0.3) is 0 Å². The molecule has 2 aromatic carbocycles. The van der Waals surface area contributed by atoms with Gasteiger partial charge in [0.1, 0.15) is 17.6 Å². The Balaban J connectivity index is 2.27. The van der Waals surface area contributed by atoms with Crippen molar-refractivity contribution in [1.29, 1.82) is 0 Å². The minimum Gasteiger partial charge on any atom is -0.457 e. The number of hydrogen-bond acceptors (Lipinski definition) is 2. The summed E-state index contributed by atoms with van der Waals surface area (Å²) in [5.41, 5.74) is 0.950. The second-order valence-electron chi connectivity index (χ2n) is 7.48. The Morgan fingerprint density at radius 3 is 2.20 bits per heavy atom. The molecule has 0 fully saturated rings. The van der Waals surface area contributed by atoms with E-state index in [0.717, 1.165) is 17.1 Å². The van der Waals surface area contributed by atoms with Gasteiger partial charge in [0.15, 0.2) is 8.32 Å². The third-order valence-electron chi connectivity index (χ3n) is 4.54. The van der Waals surface area contributed by atoms with Gasteiger partial charge in [-0.05, 0) is 59.6 Å². The fraction of sp³-hybridized carbons (Fsp3) is 0.333. The summed E-state index contributed by atoms with van der Waals surface area (Å²) in [6.07, 6.45) is -0.363. The predicted octanol–water partition coefficient (Wildman–Crippen LogP) is 6.74. The van der Waals surface area contributed by atoms with E-state index >= 15 is 0 Å². The van der Waals surface area contributed by atoms with Crippen molar-refractivity contribution in [2.24, 2.45) is 0 Å². The molecule has 2 rings (SSSR count). The highest BCUT2D eigenvalue weighted by Gasteiger charge is 2.39. The molecule has 0 bridgehead atoms. The Morgan fingerprint density at radius 1 is 0.960 bits per heavy atom. The predicted molar refractivity (Wildman–Crippen MR) is 108 cm³/mol. The number of halogens is 1. The maximum atomic E-state index is 6.46. The van der Waals surface area contributed by atoms with Crippen LogP contribution in [0.2, 0.25) is 18.1 Å². The minimum atomic E-state index is -1.98. The van der Waals surface area contributed by atoms with Crippen LogP contribution in [0.25, 0.3) is 0 Å². The third kappa shape index (κ3) is 5.37. The molecule has 0 unspecified atom stereocenters. The van der Waals surface area contributed by atoms with Crippen molar-refractivity contribution in [3.05, 3.63) is 60.2 Å². The topological polar surface area (TPSA) is 18.5 Å². The highest BCUT2D eigenvalue weighted by molar-refractivity contribution is 6.74. The zero-order valence-corrected chi connectivity index (χ0v) is 17.2. The van der Waals surface area contributed by atoms with Gasteiger partial charge < -0.3 is 9.16 Å². The summed E-state index contributed by atoms with van der Waals surface area (Å²) in [4.78, 5) is 0. The van der Waals surface area contributed by atoms with E-state index in [1.54, 1.807) is 0 Å². The van der Waals surface area contributed by atoms with Crippen LogP contribution in [0.15, 0.2) is 54.6 Å². The van der Waals surface area contributed by atoms with Gasteiger partial charge in [0.2, 0.25) is 0 Å². The molecule has 25 heavy (non-hydrogen) atoms. The quantitative estimate of drug-likeness (QED) is 0.427. The number of para-hydroxylation sites is 1. The van der Waals surface area contributed by atoms with E-state index in [1.807, 2.05) is 54.6 Å². The summed E-state index contributed by atoms with van der Waals surface area (Å²) >= 11 is 5.70. The van der Waals surface area contributed by atoms with Crippen LogP contribution in [0.3, 0.4) is 0 Å². The third-order valence-corrected chi connectivity index (χ3v) is 9.09. The Kier molecular flexibility index (Phi) is 6.34. The number of ether oxygens (including phenoxy) is 1. The Hall–Kier alpha value is -1.73. The smallest absolute Gasteiger partial charge is 0.194 e.